The number of allylic oxidation sites excluding steroid dienone is 4. The highest BCUT2D eigenvalue weighted by Gasteiger charge is 2.41. The van der Waals surface area contributed by atoms with Crippen LogP contribution in [0, 0.1) is 11.8 Å². The Morgan fingerprint density at radius 2 is 2.06 bits per heavy atom. The first-order valence-electron chi connectivity index (χ1n) is 6.30. The van der Waals surface area contributed by atoms with Crippen LogP contribution in [0.15, 0.2) is 24.3 Å². The van der Waals surface area contributed by atoms with E-state index >= 15 is 0 Å². The van der Waals surface area contributed by atoms with Gasteiger partial charge in [-0.05, 0) is 18.8 Å². The number of rotatable bonds is 5. The maximum atomic E-state index is 11.6. The van der Waals surface area contributed by atoms with Crippen LogP contribution in [-0.2, 0) is 9.59 Å². The fraction of sp³-hybridized carbons (Fsp3) is 0.571. The van der Waals surface area contributed by atoms with Crippen LogP contribution in [0.4, 0.5) is 0 Å². The third kappa shape index (κ3) is 3.62. The third-order valence-corrected chi connectivity index (χ3v) is 3.17. The van der Waals surface area contributed by atoms with Crippen molar-refractivity contribution in [1.29, 1.82) is 0 Å². The van der Waals surface area contributed by atoms with Crippen LogP contribution in [0.5, 0.6) is 0 Å². The van der Waals surface area contributed by atoms with E-state index < -0.39 is 23.9 Å². The maximum absolute atomic E-state index is 11.6. The highest BCUT2D eigenvalue weighted by atomic mass is 16.3. The Bertz CT molecular complexity index is 346. The summed E-state index contributed by atoms with van der Waals surface area (Å²) in [7, 11) is 0. The zero-order valence-corrected chi connectivity index (χ0v) is 10.5. The van der Waals surface area contributed by atoms with E-state index in [4.69, 9.17) is 0 Å². The molecule has 4 nitrogen and oxygen atoms in total. The van der Waals surface area contributed by atoms with Crippen molar-refractivity contribution in [3.8, 4) is 0 Å². The second kappa shape index (κ2) is 7.24. The molecule has 1 saturated carbocycles. The molecule has 100 valence electrons. The van der Waals surface area contributed by atoms with E-state index in [1.165, 1.54) is 0 Å². The van der Waals surface area contributed by atoms with Crippen LogP contribution in [0.3, 0.4) is 0 Å². The summed E-state index contributed by atoms with van der Waals surface area (Å²) in [4.78, 5) is 22.5. The zero-order valence-electron chi connectivity index (χ0n) is 10.5. The predicted molar refractivity (Wildman–Crippen MR) is 67.9 cm³/mol. The largest absolute Gasteiger partial charge is 0.390 e. The van der Waals surface area contributed by atoms with Gasteiger partial charge in [-0.15, -0.1) is 0 Å². The summed E-state index contributed by atoms with van der Waals surface area (Å²) >= 11 is 0. The SMILES string of the molecule is CCC/C=C\C=C/[C@@H]1C[C@H](O)[C@@H](O)C(=O)[C@H]1C=O. The average Bonchev–Trinajstić information content (AvgIpc) is 2.36. The van der Waals surface area contributed by atoms with Crippen molar-refractivity contribution >= 4 is 12.1 Å². The molecule has 0 aromatic heterocycles. The standard InChI is InChI=1S/C14H20O4/c1-2-3-4-5-6-7-10-8-12(16)14(18)13(17)11(10)9-15/h4-7,9-12,14,16,18H,2-3,8H2,1H3/b5-4-,7-6-/t10-,11+,12+,14-/m1/s1. The molecule has 4 atom stereocenters. The van der Waals surface area contributed by atoms with Gasteiger partial charge in [-0.1, -0.05) is 37.6 Å². The molecule has 0 unspecified atom stereocenters. The van der Waals surface area contributed by atoms with Crippen molar-refractivity contribution in [3.05, 3.63) is 24.3 Å². The molecule has 4 heteroatoms. The minimum atomic E-state index is -1.43. The number of Topliss-reactive ketones (excluding diaryl/α,β-unsaturated/α-hetero) is 1. The number of aliphatic hydroxyl groups is 2. The smallest absolute Gasteiger partial charge is 0.174 e. The van der Waals surface area contributed by atoms with E-state index in [0.29, 0.717) is 6.29 Å². The first-order chi connectivity index (χ1) is 8.61. The second-order valence-electron chi connectivity index (χ2n) is 4.58. The van der Waals surface area contributed by atoms with E-state index in [0.717, 1.165) is 12.8 Å². The first-order valence-corrected chi connectivity index (χ1v) is 6.30. The van der Waals surface area contributed by atoms with Crippen LogP contribution in [0.25, 0.3) is 0 Å². The fourth-order valence-corrected chi connectivity index (χ4v) is 2.07. The lowest BCUT2D eigenvalue weighted by atomic mass is 9.76. The molecule has 0 saturated heterocycles. The average molecular weight is 252 g/mol. The second-order valence-corrected chi connectivity index (χ2v) is 4.58. The molecule has 0 heterocycles. The number of ketones is 1. The van der Waals surface area contributed by atoms with Gasteiger partial charge in [-0.2, -0.15) is 0 Å². The summed E-state index contributed by atoms with van der Waals surface area (Å²) in [5, 5.41) is 18.9. The van der Waals surface area contributed by atoms with Gasteiger partial charge in [0.05, 0.1) is 12.0 Å². The summed E-state index contributed by atoms with van der Waals surface area (Å²) < 4.78 is 0. The molecular weight excluding hydrogens is 232 g/mol. The van der Waals surface area contributed by atoms with Gasteiger partial charge < -0.3 is 15.0 Å². The fourth-order valence-electron chi connectivity index (χ4n) is 2.07. The van der Waals surface area contributed by atoms with Crippen LogP contribution >= 0.6 is 0 Å². The molecule has 0 aromatic carbocycles. The Balaban J connectivity index is 2.68. The Labute approximate surface area is 107 Å². The van der Waals surface area contributed by atoms with E-state index in [9.17, 15) is 19.8 Å². The van der Waals surface area contributed by atoms with Crippen molar-refractivity contribution in [2.24, 2.45) is 11.8 Å². The number of hydrogen-bond donors (Lipinski definition) is 2. The summed E-state index contributed by atoms with van der Waals surface area (Å²) in [6.07, 6.45) is 7.72. The molecule has 0 aliphatic heterocycles. The van der Waals surface area contributed by atoms with E-state index in [1.54, 1.807) is 12.2 Å². The first kappa shape index (κ1) is 14.8. The van der Waals surface area contributed by atoms with E-state index in [-0.39, 0.29) is 12.3 Å². The van der Waals surface area contributed by atoms with Crippen LogP contribution in [-0.4, -0.2) is 34.5 Å². The summed E-state index contributed by atoms with van der Waals surface area (Å²) in [5.74, 6) is -1.77. The molecule has 0 spiro atoms. The van der Waals surface area contributed by atoms with Crippen molar-refractivity contribution in [2.45, 2.75) is 38.4 Å². The number of aldehydes is 1. The Hall–Kier alpha value is -1.26. The normalized spacial score (nSPS) is 33.4. The highest BCUT2D eigenvalue weighted by Crippen LogP contribution is 2.28. The van der Waals surface area contributed by atoms with Gasteiger partial charge in [0.1, 0.15) is 12.4 Å². The van der Waals surface area contributed by atoms with Gasteiger partial charge >= 0.3 is 0 Å². The number of carbonyl (C=O) groups excluding carboxylic acids is 2. The van der Waals surface area contributed by atoms with E-state index in [1.807, 2.05) is 12.2 Å². The van der Waals surface area contributed by atoms with Crippen LogP contribution in [0.1, 0.15) is 26.2 Å². The molecule has 2 N–H and O–H groups in total. The lowest BCUT2D eigenvalue weighted by molar-refractivity contribution is -0.146. The quantitative estimate of drug-likeness (QED) is 0.435. The van der Waals surface area contributed by atoms with Gasteiger partial charge in [0.25, 0.3) is 0 Å². The Morgan fingerprint density at radius 1 is 1.33 bits per heavy atom. The van der Waals surface area contributed by atoms with Crippen LogP contribution < -0.4 is 0 Å². The van der Waals surface area contributed by atoms with Crippen molar-refractivity contribution in [2.75, 3.05) is 0 Å². The van der Waals surface area contributed by atoms with Gasteiger partial charge in [-0.25, -0.2) is 0 Å². The zero-order chi connectivity index (χ0) is 13.5. The number of carbonyl (C=O) groups is 2. The lowest BCUT2D eigenvalue weighted by Crippen LogP contribution is -2.47. The summed E-state index contributed by atoms with van der Waals surface area (Å²) in [6.45, 7) is 2.08. The highest BCUT2D eigenvalue weighted by molar-refractivity contribution is 5.97. The number of hydrogen-bond acceptors (Lipinski definition) is 4. The van der Waals surface area contributed by atoms with Gasteiger partial charge in [-0.3, -0.25) is 4.79 Å². The van der Waals surface area contributed by atoms with Gasteiger partial charge in [0.15, 0.2) is 5.78 Å². The maximum Gasteiger partial charge on any atom is 0.174 e. The van der Waals surface area contributed by atoms with E-state index in [2.05, 4.69) is 6.92 Å². The van der Waals surface area contributed by atoms with Gasteiger partial charge in [0.2, 0.25) is 0 Å². The molecule has 0 radical (unpaired) electrons. The monoisotopic (exact) mass is 252 g/mol. The summed E-state index contributed by atoms with van der Waals surface area (Å²) in [5.41, 5.74) is 0. The molecule has 1 rings (SSSR count). The molecular formula is C14H20O4. The Morgan fingerprint density at radius 3 is 2.67 bits per heavy atom. The van der Waals surface area contributed by atoms with Crippen LogP contribution in [0.2, 0.25) is 0 Å². The number of unbranched alkanes of at least 4 members (excludes halogenated alkanes) is 1. The third-order valence-electron chi connectivity index (χ3n) is 3.17. The molecule has 0 amide bonds. The van der Waals surface area contributed by atoms with Crippen molar-refractivity contribution in [3.63, 3.8) is 0 Å². The molecule has 1 aliphatic rings. The number of aliphatic hydroxyl groups excluding tert-OH is 2. The molecule has 1 aliphatic carbocycles. The molecule has 0 aromatic rings. The molecule has 1 fully saturated rings. The van der Waals surface area contributed by atoms with Crippen molar-refractivity contribution in [1.82, 2.24) is 0 Å². The lowest BCUT2D eigenvalue weighted by Gasteiger charge is -2.31. The molecule has 0 bridgehead atoms. The summed E-state index contributed by atoms with van der Waals surface area (Å²) in [6, 6.07) is 0. The predicted octanol–water partition coefficient (Wildman–Crippen LogP) is 1.02. The van der Waals surface area contributed by atoms with Gasteiger partial charge in [0, 0.05) is 0 Å². The minimum Gasteiger partial charge on any atom is -0.390 e. The minimum absolute atomic E-state index is 0.231. The topological polar surface area (TPSA) is 74.6 Å². The Kier molecular flexibility index (Phi) is 5.95. The molecule has 18 heavy (non-hydrogen) atoms. The van der Waals surface area contributed by atoms with Crippen molar-refractivity contribution < 1.29 is 19.8 Å².